The van der Waals surface area contributed by atoms with Crippen molar-refractivity contribution < 1.29 is 18.7 Å². The van der Waals surface area contributed by atoms with Crippen molar-refractivity contribution in [3.63, 3.8) is 0 Å². The van der Waals surface area contributed by atoms with Gasteiger partial charge in [0.25, 0.3) is 0 Å². The molecule has 15 heavy (non-hydrogen) atoms. The van der Waals surface area contributed by atoms with Gasteiger partial charge in [0, 0.05) is 11.8 Å². The maximum absolute atomic E-state index is 13.1. The smallest absolute Gasteiger partial charge is 0.310 e. The van der Waals surface area contributed by atoms with E-state index in [9.17, 15) is 9.18 Å². The zero-order valence-electron chi connectivity index (χ0n) is 8.62. The second-order valence-corrected chi connectivity index (χ2v) is 2.80. The summed E-state index contributed by atoms with van der Waals surface area (Å²) in [7, 11) is 1.34. The molecular formula is C10H12FNO3. The molecule has 0 bridgehead atoms. The molecule has 82 valence electrons. The number of nitrogens with zero attached hydrogens (tertiary/aromatic N) is 1. The van der Waals surface area contributed by atoms with E-state index in [1.807, 2.05) is 0 Å². The van der Waals surface area contributed by atoms with Crippen molar-refractivity contribution in [2.75, 3.05) is 13.7 Å². The van der Waals surface area contributed by atoms with Gasteiger partial charge in [0.05, 0.1) is 26.3 Å². The van der Waals surface area contributed by atoms with Crippen LogP contribution >= 0.6 is 0 Å². The Morgan fingerprint density at radius 2 is 2.27 bits per heavy atom. The number of esters is 1. The number of halogens is 1. The van der Waals surface area contributed by atoms with Gasteiger partial charge in [-0.3, -0.25) is 9.78 Å². The van der Waals surface area contributed by atoms with E-state index in [1.54, 1.807) is 6.92 Å². The fourth-order valence-corrected chi connectivity index (χ4v) is 1.19. The van der Waals surface area contributed by atoms with Crippen LogP contribution in [0.2, 0.25) is 0 Å². The summed E-state index contributed by atoms with van der Waals surface area (Å²) in [5.74, 6) is -0.972. The number of aromatic nitrogens is 1. The SMILES string of the molecule is CCOC(=O)Cc1cncc(F)c1OC. The lowest BCUT2D eigenvalue weighted by Gasteiger charge is -2.07. The van der Waals surface area contributed by atoms with E-state index < -0.39 is 11.8 Å². The third kappa shape index (κ3) is 2.90. The predicted molar refractivity (Wildman–Crippen MR) is 51.1 cm³/mol. The minimum atomic E-state index is -0.584. The first-order valence-electron chi connectivity index (χ1n) is 4.51. The first-order chi connectivity index (χ1) is 7.19. The molecule has 0 N–H and O–H groups in total. The normalized spacial score (nSPS) is 9.80. The van der Waals surface area contributed by atoms with E-state index in [0.717, 1.165) is 6.20 Å². The van der Waals surface area contributed by atoms with Gasteiger partial charge in [-0.05, 0) is 6.92 Å². The maximum Gasteiger partial charge on any atom is 0.310 e. The first-order valence-corrected chi connectivity index (χ1v) is 4.51. The topological polar surface area (TPSA) is 48.4 Å². The van der Waals surface area contributed by atoms with Crippen molar-refractivity contribution >= 4 is 5.97 Å². The van der Waals surface area contributed by atoms with Crippen LogP contribution in [-0.4, -0.2) is 24.7 Å². The number of carbonyl (C=O) groups excluding carboxylic acids is 1. The molecular weight excluding hydrogens is 201 g/mol. The van der Waals surface area contributed by atoms with Crippen molar-refractivity contribution in [3.05, 3.63) is 23.8 Å². The van der Waals surface area contributed by atoms with Crippen LogP contribution in [0.3, 0.4) is 0 Å². The molecule has 1 heterocycles. The van der Waals surface area contributed by atoms with E-state index in [4.69, 9.17) is 9.47 Å². The summed E-state index contributed by atoms with van der Waals surface area (Å²) < 4.78 is 22.7. The second-order valence-electron chi connectivity index (χ2n) is 2.80. The van der Waals surface area contributed by atoms with Crippen molar-refractivity contribution in [1.82, 2.24) is 4.98 Å². The van der Waals surface area contributed by atoms with Gasteiger partial charge in [0.2, 0.25) is 0 Å². The minimum absolute atomic E-state index is 0.0399. The molecule has 0 spiro atoms. The summed E-state index contributed by atoms with van der Waals surface area (Å²) in [6.07, 6.45) is 2.38. The Hall–Kier alpha value is -1.65. The highest BCUT2D eigenvalue weighted by molar-refractivity contribution is 5.73. The van der Waals surface area contributed by atoms with Crippen molar-refractivity contribution in [2.45, 2.75) is 13.3 Å². The summed E-state index contributed by atoms with van der Waals surface area (Å²) >= 11 is 0. The van der Waals surface area contributed by atoms with Gasteiger partial charge in [-0.2, -0.15) is 0 Å². The highest BCUT2D eigenvalue weighted by Gasteiger charge is 2.13. The molecule has 1 aromatic rings. The Kier molecular flexibility index (Phi) is 4.03. The number of hydrogen-bond acceptors (Lipinski definition) is 4. The summed E-state index contributed by atoms with van der Waals surface area (Å²) in [4.78, 5) is 14.8. The monoisotopic (exact) mass is 213 g/mol. The molecule has 0 aliphatic heterocycles. The van der Waals surface area contributed by atoms with Gasteiger partial charge >= 0.3 is 5.97 Å². The zero-order valence-corrected chi connectivity index (χ0v) is 8.62. The lowest BCUT2D eigenvalue weighted by Crippen LogP contribution is -2.09. The predicted octanol–water partition coefficient (Wildman–Crippen LogP) is 1.33. The summed E-state index contributed by atoms with van der Waals surface area (Å²) in [6, 6.07) is 0. The third-order valence-corrected chi connectivity index (χ3v) is 1.77. The molecule has 1 aromatic heterocycles. The van der Waals surface area contributed by atoms with Crippen LogP contribution in [0.5, 0.6) is 5.75 Å². The van der Waals surface area contributed by atoms with Crippen molar-refractivity contribution in [1.29, 1.82) is 0 Å². The summed E-state index contributed by atoms with van der Waals surface area (Å²) in [6.45, 7) is 2.00. The molecule has 0 aromatic carbocycles. The molecule has 0 unspecified atom stereocenters. The molecule has 0 aliphatic carbocycles. The molecule has 0 radical (unpaired) electrons. The van der Waals surface area contributed by atoms with Gasteiger partial charge in [-0.15, -0.1) is 0 Å². The highest BCUT2D eigenvalue weighted by atomic mass is 19.1. The van der Waals surface area contributed by atoms with E-state index in [2.05, 4.69) is 4.98 Å². The van der Waals surface area contributed by atoms with Gasteiger partial charge in [0.15, 0.2) is 11.6 Å². The van der Waals surface area contributed by atoms with Crippen LogP contribution in [-0.2, 0) is 16.0 Å². The van der Waals surface area contributed by atoms with E-state index in [-0.39, 0.29) is 12.2 Å². The quantitative estimate of drug-likeness (QED) is 0.708. The molecule has 0 aliphatic rings. The minimum Gasteiger partial charge on any atom is -0.493 e. The average Bonchev–Trinajstić information content (AvgIpc) is 2.18. The van der Waals surface area contributed by atoms with Crippen LogP contribution in [0.25, 0.3) is 0 Å². The summed E-state index contributed by atoms with van der Waals surface area (Å²) in [5.41, 5.74) is 0.385. The Morgan fingerprint density at radius 3 is 2.87 bits per heavy atom. The lowest BCUT2D eigenvalue weighted by molar-refractivity contribution is -0.142. The lowest BCUT2D eigenvalue weighted by atomic mass is 10.2. The van der Waals surface area contributed by atoms with Crippen molar-refractivity contribution in [2.24, 2.45) is 0 Å². The number of rotatable bonds is 4. The van der Waals surface area contributed by atoms with Gasteiger partial charge in [-0.25, -0.2) is 4.39 Å². The van der Waals surface area contributed by atoms with E-state index >= 15 is 0 Å². The number of hydrogen-bond donors (Lipinski definition) is 0. The number of methoxy groups -OCH3 is 1. The van der Waals surface area contributed by atoms with Crippen LogP contribution in [0, 0.1) is 5.82 Å². The Bertz CT molecular complexity index is 355. The molecule has 0 atom stereocenters. The average molecular weight is 213 g/mol. The number of pyridine rings is 1. The largest absolute Gasteiger partial charge is 0.493 e. The molecule has 0 amide bonds. The number of ether oxygens (including phenoxy) is 2. The van der Waals surface area contributed by atoms with Gasteiger partial charge < -0.3 is 9.47 Å². The molecule has 5 heteroatoms. The van der Waals surface area contributed by atoms with Crippen LogP contribution in [0.1, 0.15) is 12.5 Å². The van der Waals surface area contributed by atoms with Gasteiger partial charge in [-0.1, -0.05) is 0 Å². The first kappa shape index (κ1) is 11.4. The van der Waals surface area contributed by atoms with Gasteiger partial charge in [0.1, 0.15) is 0 Å². The Morgan fingerprint density at radius 1 is 1.53 bits per heavy atom. The fourth-order valence-electron chi connectivity index (χ4n) is 1.19. The molecule has 0 fully saturated rings. The second kappa shape index (κ2) is 5.29. The fraction of sp³-hybridized carbons (Fsp3) is 0.400. The Labute approximate surface area is 87.0 Å². The molecule has 0 saturated heterocycles. The van der Waals surface area contributed by atoms with Crippen LogP contribution < -0.4 is 4.74 Å². The van der Waals surface area contributed by atoms with Crippen LogP contribution in [0.15, 0.2) is 12.4 Å². The third-order valence-electron chi connectivity index (χ3n) is 1.77. The maximum atomic E-state index is 13.1. The summed E-state index contributed by atoms with van der Waals surface area (Å²) in [5, 5.41) is 0. The van der Waals surface area contributed by atoms with E-state index in [0.29, 0.717) is 12.2 Å². The zero-order chi connectivity index (χ0) is 11.3. The Balaban J connectivity index is 2.84. The van der Waals surface area contributed by atoms with Crippen molar-refractivity contribution in [3.8, 4) is 5.75 Å². The van der Waals surface area contributed by atoms with E-state index in [1.165, 1.54) is 13.3 Å². The molecule has 1 rings (SSSR count). The number of carbonyl (C=O) groups is 1. The standard InChI is InChI=1S/C10H12FNO3/c1-3-15-9(13)4-7-5-12-6-8(11)10(7)14-2/h5-6H,3-4H2,1-2H3. The highest BCUT2D eigenvalue weighted by Crippen LogP contribution is 2.21. The molecule has 0 saturated carbocycles. The van der Waals surface area contributed by atoms with Crippen LogP contribution in [0.4, 0.5) is 4.39 Å². The molecule has 4 nitrogen and oxygen atoms in total.